The van der Waals surface area contributed by atoms with Crippen LogP contribution >= 0.6 is 0 Å². The number of aldehydes is 1. The van der Waals surface area contributed by atoms with Crippen LogP contribution in [0.4, 0.5) is 4.79 Å². The standard InChI is InChI=1S/C16H26BNO5/c1-14(2,3)21-13(20)18-8-11(10-19)12(9-18)17-22-15(4,5)16(6,7)23-17/h10H,8-9H2,1-7H3. The fraction of sp³-hybridized carbons (Fsp3) is 0.750. The average molecular weight is 323 g/mol. The third-order valence-corrected chi connectivity index (χ3v) is 4.47. The third kappa shape index (κ3) is 3.61. The van der Waals surface area contributed by atoms with Gasteiger partial charge >= 0.3 is 13.2 Å². The number of amides is 1. The van der Waals surface area contributed by atoms with E-state index >= 15 is 0 Å². The van der Waals surface area contributed by atoms with Gasteiger partial charge in [0, 0.05) is 12.1 Å². The maximum absolute atomic E-state index is 12.2. The number of hydrogen-bond donors (Lipinski definition) is 0. The first kappa shape index (κ1) is 18.0. The van der Waals surface area contributed by atoms with Crippen molar-refractivity contribution in [2.75, 3.05) is 13.1 Å². The summed E-state index contributed by atoms with van der Waals surface area (Å²) in [4.78, 5) is 25.1. The zero-order chi connectivity index (χ0) is 17.6. The lowest BCUT2D eigenvalue weighted by Gasteiger charge is -2.32. The summed E-state index contributed by atoms with van der Waals surface area (Å²) in [5.41, 5.74) is -0.333. The van der Waals surface area contributed by atoms with E-state index < -0.39 is 30.0 Å². The second kappa shape index (κ2) is 5.63. The molecular formula is C16H26BNO5. The molecule has 0 atom stereocenters. The smallest absolute Gasteiger partial charge is 0.444 e. The molecule has 1 fully saturated rings. The fourth-order valence-corrected chi connectivity index (χ4v) is 2.45. The van der Waals surface area contributed by atoms with Crippen LogP contribution in [0.2, 0.25) is 0 Å². The van der Waals surface area contributed by atoms with E-state index in [4.69, 9.17) is 14.0 Å². The number of ether oxygens (including phenoxy) is 1. The van der Waals surface area contributed by atoms with Gasteiger partial charge in [-0.15, -0.1) is 0 Å². The molecular weight excluding hydrogens is 297 g/mol. The summed E-state index contributed by atoms with van der Waals surface area (Å²) in [6, 6.07) is 0. The Morgan fingerprint density at radius 2 is 1.70 bits per heavy atom. The van der Waals surface area contributed by atoms with E-state index in [2.05, 4.69) is 0 Å². The lowest BCUT2D eigenvalue weighted by molar-refractivity contribution is -0.105. The predicted molar refractivity (Wildman–Crippen MR) is 87.0 cm³/mol. The van der Waals surface area contributed by atoms with Crippen molar-refractivity contribution in [2.45, 2.75) is 65.3 Å². The SMILES string of the molecule is CC(C)(C)OC(=O)N1CC(C=O)=C(B2OC(C)(C)C(C)(C)O2)C1. The van der Waals surface area contributed by atoms with Crippen molar-refractivity contribution < 1.29 is 23.6 Å². The normalized spacial score (nSPS) is 23.4. The van der Waals surface area contributed by atoms with Crippen LogP contribution in [0.3, 0.4) is 0 Å². The molecule has 0 bridgehead atoms. The van der Waals surface area contributed by atoms with Crippen molar-refractivity contribution in [3.05, 3.63) is 11.0 Å². The molecule has 0 aliphatic carbocycles. The van der Waals surface area contributed by atoms with E-state index in [0.29, 0.717) is 11.0 Å². The lowest BCUT2D eigenvalue weighted by atomic mass is 9.76. The molecule has 0 radical (unpaired) electrons. The topological polar surface area (TPSA) is 65.1 Å². The maximum Gasteiger partial charge on any atom is 0.492 e. The van der Waals surface area contributed by atoms with Gasteiger partial charge in [0.2, 0.25) is 0 Å². The quantitative estimate of drug-likeness (QED) is 0.576. The zero-order valence-electron chi connectivity index (χ0n) is 15.1. The summed E-state index contributed by atoms with van der Waals surface area (Å²) in [6.45, 7) is 13.7. The van der Waals surface area contributed by atoms with Crippen LogP contribution in [-0.2, 0) is 18.8 Å². The summed E-state index contributed by atoms with van der Waals surface area (Å²) >= 11 is 0. The predicted octanol–water partition coefficient (Wildman–Crippen LogP) is 2.36. The number of hydrogen-bond acceptors (Lipinski definition) is 5. The van der Waals surface area contributed by atoms with Gasteiger partial charge in [-0.25, -0.2) is 4.79 Å². The van der Waals surface area contributed by atoms with E-state index in [9.17, 15) is 9.59 Å². The first-order valence-electron chi connectivity index (χ1n) is 7.87. The van der Waals surface area contributed by atoms with Crippen LogP contribution < -0.4 is 0 Å². The Bertz CT molecular complexity index is 531. The average Bonchev–Trinajstić information content (AvgIpc) is 2.86. The Kier molecular flexibility index (Phi) is 4.41. The number of carbonyl (C=O) groups excluding carboxylic acids is 2. The molecule has 2 aliphatic rings. The van der Waals surface area contributed by atoms with Crippen LogP contribution in [0.1, 0.15) is 48.5 Å². The molecule has 0 aromatic rings. The molecule has 1 saturated heterocycles. The molecule has 128 valence electrons. The third-order valence-electron chi connectivity index (χ3n) is 4.47. The van der Waals surface area contributed by atoms with Gasteiger partial charge in [0.15, 0.2) is 0 Å². The molecule has 0 N–H and O–H groups in total. The Balaban J connectivity index is 2.14. The Morgan fingerprint density at radius 3 is 2.13 bits per heavy atom. The van der Waals surface area contributed by atoms with Crippen LogP contribution in [0.25, 0.3) is 0 Å². The van der Waals surface area contributed by atoms with Gasteiger partial charge in [-0.2, -0.15) is 0 Å². The van der Waals surface area contributed by atoms with Crippen molar-refractivity contribution in [1.82, 2.24) is 4.90 Å². The molecule has 0 spiro atoms. The number of carbonyl (C=O) groups is 2. The van der Waals surface area contributed by atoms with Gasteiger partial charge in [0.05, 0.1) is 17.7 Å². The van der Waals surface area contributed by atoms with Crippen molar-refractivity contribution >= 4 is 19.5 Å². The molecule has 2 heterocycles. The van der Waals surface area contributed by atoms with Crippen LogP contribution in [0.5, 0.6) is 0 Å². The minimum absolute atomic E-state index is 0.220. The van der Waals surface area contributed by atoms with Gasteiger partial charge in [0.1, 0.15) is 11.9 Å². The molecule has 2 aliphatic heterocycles. The highest BCUT2D eigenvalue weighted by atomic mass is 16.7. The summed E-state index contributed by atoms with van der Waals surface area (Å²) in [5.74, 6) is 0. The molecule has 0 aromatic carbocycles. The van der Waals surface area contributed by atoms with Gasteiger partial charge in [-0.1, -0.05) is 0 Å². The number of rotatable bonds is 2. The molecule has 2 rings (SSSR count). The molecule has 6 nitrogen and oxygen atoms in total. The van der Waals surface area contributed by atoms with Crippen molar-refractivity contribution in [2.24, 2.45) is 0 Å². The van der Waals surface area contributed by atoms with Gasteiger partial charge < -0.3 is 18.9 Å². The van der Waals surface area contributed by atoms with Gasteiger partial charge in [-0.05, 0) is 53.9 Å². The van der Waals surface area contributed by atoms with E-state index in [1.807, 2.05) is 48.5 Å². The highest BCUT2D eigenvalue weighted by molar-refractivity contribution is 6.55. The second-order valence-electron chi connectivity index (χ2n) is 8.09. The number of nitrogens with zero attached hydrogens (tertiary/aromatic N) is 1. The zero-order valence-corrected chi connectivity index (χ0v) is 15.1. The molecule has 0 aromatic heterocycles. The molecule has 0 unspecified atom stereocenters. The Labute approximate surface area is 138 Å². The molecule has 0 saturated carbocycles. The highest BCUT2D eigenvalue weighted by Gasteiger charge is 2.54. The first-order chi connectivity index (χ1) is 10.4. The maximum atomic E-state index is 12.2. The minimum atomic E-state index is -0.618. The van der Waals surface area contributed by atoms with Crippen molar-refractivity contribution in [1.29, 1.82) is 0 Å². The van der Waals surface area contributed by atoms with Crippen LogP contribution in [0, 0.1) is 0 Å². The molecule has 7 heteroatoms. The van der Waals surface area contributed by atoms with E-state index in [-0.39, 0.29) is 13.1 Å². The van der Waals surface area contributed by atoms with E-state index in [1.54, 1.807) is 0 Å². The molecule has 1 amide bonds. The summed E-state index contributed by atoms with van der Waals surface area (Å²) in [7, 11) is -0.618. The lowest BCUT2D eigenvalue weighted by Crippen LogP contribution is -2.41. The van der Waals surface area contributed by atoms with Gasteiger partial charge in [0.25, 0.3) is 0 Å². The minimum Gasteiger partial charge on any atom is -0.444 e. The first-order valence-corrected chi connectivity index (χ1v) is 7.87. The largest absolute Gasteiger partial charge is 0.492 e. The Hall–Kier alpha value is -1.34. The monoisotopic (exact) mass is 323 g/mol. The van der Waals surface area contributed by atoms with Gasteiger partial charge in [-0.3, -0.25) is 4.79 Å². The Morgan fingerprint density at radius 1 is 1.17 bits per heavy atom. The summed E-state index contributed by atoms with van der Waals surface area (Å²) < 4.78 is 17.4. The van der Waals surface area contributed by atoms with Crippen molar-refractivity contribution in [3.8, 4) is 0 Å². The highest BCUT2D eigenvalue weighted by Crippen LogP contribution is 2.40. The van der Waals surface area contributed by atoms with E-state index in [1.165, 1.54) is 4.90 Å². The van der Waals surface area contributed by atoms with Crippen molar-refractivity contribution in [3.63, 3.8) is 0 Å². The second-order valence-corrected chi connectivity index (χ2v) is 8.09. The summed E-state index contributed by atoms with van der Waals surface area (Å²) in [5, 5.41) is 0. The van der Waals surface area contributed by atoms with E-state index in [0.717, 1.165) is 6.29 Å². The van der Waals surface area contributed by atoms with Crippen LogP contribution in [0.15, 0.2) is 11.0 Å². The molecule has 23 heavy (non-hydrogen) atoms. The summed E-state index contributed by atoms with van der Waals surface area (Å²) in [6.07, 6.45) is 0.327. The van der Waals surface area contributed by atoms with Crippen LogP contribution in [-0.4, -0.2) is 54.3 Å². The fourth-order valence-electron chi connectivity index (χ4n) is 2.45.